The Hall–Kier alpha value is -0.810. The number of carbonyl (C=O) groups is 1. The molecule has 122 valence electrons. The molecule has 1 amide bonds. The molecule has 6 heteroatoms. The molecule has 0 radical (unpaired) electrons. The maximum absolute atomic E-state index is 12.5. The highest BCUT2D eigenvalue weighted by Crippen LogP contribution is 2.27. The smallest absolute Gasteiger partial charge is 0.256 e. The largest absolute Gasteiger partial charge is 0.378 e. The number of amides is 1. The summed E-state index contributed by atoms with van der Waals surface area (Å²) in [6.45, 7) is 3.10. The summed E-state index contributed by atoms with van der Waals surface area (Å²) >= 11 is 11.9. The molecule has 1 saturated heterocycles. The Morgan fingerprint density at radius 2 is 1.95 bits per heavy atom. The summed E-state index contributed by atoms with van der Waals surface area (Å²) in [5.74, 6) is -0.319. The van der Waals surface area contributed by atoms with Crippen LogP contribution < -0.4 is 0 Å². The lowest BCUT2D eigenvalue weighted by atomic mass is 9.97. The first-order valence-corrected chi connectivity index (χ1v) is 8.16. The molecule has 2 rings (SSSR count). The lowest BCUT2D eigenvalue weighted by Gasteiger charge is -2.39. The number of likely N-dealkylation sites (N-methyl/N-ethyl adjacent to an activating group) is 1. The van der Waals surface area contributed by atoms with Crippen molar-refractivity contribution >= 4 is 29.1 Å². The van der Waals surface area contributed by atoms with Crippen molar-refractivity contribution in [3.8, 4) is 0 Å². The van der Waals surface area contributed by atoms with Crippen LogP contribution in [0.4, 0.5) is 0 Å². The Balaban J connectivity index is 2.09. The van der Waals surface area contributed by atoms with Crippen LogP contribution in [0.15, 0.2) is 18.2 Å². The second kappa shape index (κ2) is 7.18. The normalized spacial score (nSPS) is 24.1. The number of nitrogens with zero attached hydrogens (tertiary/aromatic N) is 2. The maximum atomic E-state index is 12.5. The summed E-state index contributed by atoms with van der Waals surface area (Å²) in [5.41, 5.74) is 0.426. The fraction of sp³-hybridized carbons (Fsp3) is 0.562. The zero-order chi connectivity index (χ0) is 16.4. The molecule has 1 aromatic carbocycles. The van der Waals surface area contributed by atoms with E-state index in [-0.39, 0.29) is 11.9 Å². The molecule has 0 aromatic heterocycles. The average molecular weight is 345 g/mol. The van der Waals surface area contributed by atoms with Gasteiger partial charge in [-0.15, -0.1) is 0 Å². The van der Waals surface area contributed by atoms with Crippen molar-refractivity contribution in [2.45, 2.75) is 38.0 Å². The van der Waals surface area contributed by atoms with Crippen LogP contribution in [0.3, 0.4) is 0 Å². The van der Waals surface area contributed by atoms with Gasteiger partial charge in [-0.25, -0.2) is 0 Å². The van der Waals surface area contributed by atoms with Crippen LogP contribution in [0, 0.1) is 0 Å². The van der Waals surface area contributed by atoms with Crippen molar-refractivity contribution in [2.75, 3.05) is 20.6 Å². The highest BCUT2D eigenvalue weighted by Gasteiger charge is 2.31. The second-order valence-electron chi connectivity index (χ2n) is 6.06. The Labute approximate surface area is 141 Å². The van der Waals surface area contributed by atoms with Gasteiger partial charge in [0.05, 0.1) is 0 Å². The van der Waals surface area contributed by atoms with Crippen molar-refractivity contribution in [1.82, 2.24) is 9.80 Å². The van der Waals surface area contributed by atoms with E-state index in [4.69, 9.17) is 23.2 Å². The number of hydrogen-bond acceptors (Lipinski definition) is 3. The molecular formula is C16H22Cl2N2O2. The van der Waals surface area contributed by atoms with E-state index in [1.165, 1.54) is 0 Å². The molecule has 1 aliphatic heterocycles. The minimum absolute atomic E-state index is 0.142. The van der Waals surface area contributed by atoms with Crippen molar-refractivity contribution in [1.29, 1.82) is 0 Å². The lowest BCUT2D eigenvalue weighted by molar-refractivity contribution is -0.142. The minimum Gasteiger partial charge on any atom is -0.378 e. The topological polar surface area (TPSA) is 43.8 Å². The molecule has 1 fully saturated rings. The van der Waals surface area contributed by atoms with E-state index in [1.807, 2.05) is 0 Å². The van der Waals surface area contributed by atoms with Crippen LogP contribution in [0.2, 0.25) is 10.0 Å². The number of carbonyl (C=O) groups excluding carboxylic acids is 1. The van der Waals surface area contributed by atoms with Gasteiger partial charge in [-0.05, 0) is 50.6 Å². The van der Waals surface area contributed by atoms with E-state index in [1.54, 1.807) is 30.1 Å². The molecule has 1 N–H and O–H groups in total. The van der Waals surface area contributed by atoms with Crippen LogP contribution in [0.1, 0.15) is 31.4 Å². The summed E-state index contributed by atoms with van der Waals surface area (Å²) in [6, 6.07) is 5.28. The molecule has 4 nitrogen and oxygen atoms in total. The van der Waals surface area contributed by atoms with Gasteiger partial charge in [0.25, 0.3) is 5.91 Å². The third-order valence-electron chi connectivity index (χ3n) is 4.51. The number of aliphatic hydroxyl groups is 1. The summed E-state index contributed by atoms with van der Waals surface area (Å²) in [7, 11) is 3.84. The van der Waals surface area contributed by atoms with Gasteiger partial charge >= 0.3 is 0 Å². The van der Waals surface area contributed by atoms with Crippen LogP contribution in [-0.4, -0.2) is 53.5 Å². The molecule has 0 saturated carbocycles. The van der Waals surface area contributed by atoms with E-state index in [9.17, 15) is 9.90 Å². The Kier molecular flexibility index (Phi) is 5.72. The fourth-order valence-electron chi connectivity index (χ4n) is 2.86. The van der Waals surface area contributed by atoms with Crippen molar-refractivity contribution in [3.05, 3.63) is 33.8 Å². The van der Waals surface area contributed by atoms with Crippen LogP contribution >= 0.6 is 23.2 Å². The molecule has 0 aliphatic carbocycles. The first-order chi connectivity index (χ1) is 10.3. The SMILES string of the molecule is CC1CC(N(C)C(=O)C(O)c2cc(Cl)cc(Cl)c2)CCN1C. The van der Waals surface area contributed by atoms with Crippen molar-refractivity contribution < 1.29 is 9.90 Å². The molecule has 22 heavy (non-hydrogen) atoms. The molecule has 1 heterocycles. The van der Waals surface area contributed by atoms with Crippen molar-refractivity contribution in [2.24, 2.45) is 0 Å². The van der Waals surface area contributed by atoms with Gasteiger partial charge in [0.15, 0.2) is 6.10 Å². The van der Waals surface area contributed by atoms with E-state index >= 15 is 0 Å². The first kappa shape index (κ1) is 17.5. The highest BCUT2D eigenvalue weighted by molar-refractivity contribution is 6.34. The number of rotatable bonds is 3. The van der Waals surface area contributed by atoms with Crippen molar-refractivity contribution in [3.63, 3.8) is 0 Å². The number of benzene rings is 1. The maximum Gasteiger partial charge on any atom is 0.256 e. The van der Waals surface area contributed by atoms with Gasteiger partial charge in [0.1, 0.15) is 0 Å². The molecule has 3 atom stereocenters. The van der Waals surface area contributed by atoms with Crippen LogP contribution in [-0.2, 0) is 4.79 Å². The predicted molar refractivity (Wildman–Crippen MR) is 89.3 cm³/mol. The average Bonchev–Trinajstić information content (AvgIpc) is 2.46. The first-order valence-electron chi connectivity index (χ1n) is 7.40. The lowest BCUT2D eigenvalue weighted by Crippen LogP contribution is -2.49. The third-order valence-corrected chi connectivity index (χ3v) is 4.95. The van der Waals surface area contributed by atoms with Crippen LogP contribution in [0.25, 0.3) is 0 Å². The molecule has 0 spiro atoms. The summed E-state index contributed by atoms with van der Waals surface area (Å²) in [5, 5.41) is 11.2. The summed E-state index contributed by atoms with van der Waals surface area (Å²) in [6.07, 6.45) is 0.574. The van der Waals surface area contributed by atoms with Gasteiger partial charge in [-0.3, -0.25) is 4.79 Å². The predicted octanol–water partition coefficient (Wildman–Crippen LogP) is 2.97. The van der Waals surface area contributed by atoms with E-state index < -0.39 is 6.10 Å². The number of likely N-dealkylation sites (tertiary alicyclic amines) is 1. The molecular weight excluding hydrogens is 323 g/mol. The minimum atomic E-state index is -1.24. The number of halogens is 2. The van der Waals surface area contributed by atoms with Crippen LogP contribution in [0.5, 0.6) is 0 Å². The number of piperidine rings is 1. The van der Waals surface area contributed by atoms with Gasteiger partial charge in [0.2, 0.25) is 0 Å². The fourth-order valence-corrected chi connectivity index (χ4v) is 3.41. The second-order valence-corrected chi connectivity index (χ2v) is 6.94. The zero-order valence-electron chi connectivity index (χ0n) is 13.1. The highest BCUT2D eigenvalue weighted by atomic mass is 35.5. The zero-order valence-corrected chi connectivity index (χ0v) is 14.6. The quantitative estimate of drug-likeness (QED) is 0.916. The van der Waals surface area contributed by atoms with Gasteiger partial charge in [0, 0.05) is 35.7 Å². The number of hydrogen-bond donors (Lipinski definition) is 1. The van der Waals surface area contributed by atoms with Gasteiger partial charge in [-0.1, -0.05) is 23.2 Å². The third kappa shape index (κ3) is 3.93. The van der Waals surface area contributed by atoms with E-state index in [0.29, 0.717) is 21.7 Å². The molecule has 0 bridgehead atoms. The summed E-state index contributed by atoms with van der Waals surface area (Å²) < 4.78 is 0. The standard InChI is InChI=1S/C16H22Cl2N2O2/c1-10-6-14(4-5-19(10)2)20(3)16(22)15(21)11-7-12(17)9-13(18)8-11/h7-10,14-15,21H,4-6H2,1-3H3. The van der Waals surface area contributed by atoms with Gasteiger partial charge < -0.3 is 14.9 Å². The van der Waals surface area contributed by atoms with E-state index in [0.717, 1.165) is 19.4 Å². The molecule has 1 aromatic rings. The summed E-state index contributed by atoms with van der Waals surface area (Å²) in [4.78, 5) is 16.5. The van der Waals surface area contributed by atoms with Gasteiger partial charge in [-0.2, -0.15) is 0 Å². The number of aliphatic hydroxyl groups excluding tert-OH is 1. The van der Waals surface area contributed by atoms with E-state index in [2.05, 4.69) is 18.9 Å². The monoisotopic (exact) mass is 344 g/mol. The Bertz CT molecular complexity index is 533. The molecule has 3 unspecified atom stereocenters. The molecule has 1 aliphatic rings. The Morgan fingerprint density at radius 1 is 1.36 bits per heavy atom. The Morgan fingerprint density at radius 3 is 2.50 bits per heavy atom.